The number of pyridine rings is 1. The Morgan fingerprint density at radius 2 is 1.69 bits per heavy atom. The fourth-order valence-electron chi connectivity index (χ4n) is 4.13. The lowest BCUT2D eigenvalue weighted by Crippen LogP contribution is -2.30. The van der Waals surface area contributed by atoms with E-state index in [0.29, 0.717) is 33.6 Å². The van der Waals surface area contributed by atoms with Crippen LogP contribution in [0.5, 0.6) is 11.5 Å². The minimum atomic E-state index is -3.90. The molecular weight excluding hydrogens is 544 g/mol. The number of para-hydroxylation sites is 1. The van der Waals surface area contributed by atoms with E-state index >= 15 is 0 Å². The smallest absolute Gasteiger partial charge is 0.170 e. The van der Waals surface area contributed by atoms with E-state index in [0.717, 1.165) is 5.56 Å². The van der Waals surface area contributed by atoms with Crippen molar-refractivity contribution in [3.05, 3.63) is 71.3 Å². The number of rotatable bonds is 11. The van der Waals surface area contributed by atoms with Crippen LogP contribution < -0.4 is 9.47 Å². The number of nitrogens with zero attached hydrogens (tertiary/aromatic N) is 6. The number of sulfone groups is 1. The highest BCUT2D eigenvalue weighted by atomic mass is 35.5. The monoisotopic (exact) mass is 572 g/mol. The van der Waals surface area contributed by atoms with Gasteiger partial charge in [-0.25, -0.2) is 18.4 Å². The number of methoxy groups -OCH3 is 2. The molecule has 0 aliphatic heterocycles. The fraction of sp³-hybridized carbons (Fsp3) is 0.346. The normalized spacial score (nSPS) is 13.2. The Balaban J connectivity index is 1.84. The van der Waals surface area contributed by atoms with Gasteiger partial charge >= 0.3 is 0 Å². The highest BCUT2D eigenvalue weighted by Crippen LogP contribution is 2.37. The molecule has 0 bridgehead atoms. The zero-order chi connectivity index (χ0) is 28.2. The molecule has 13 heteroatoms. The lowest BCUT2D eigenvalue weighted by atomic mass is 10.2. The number of aromatic nitrogens is 6. The van der Waals surface area contributed by atoms with E-state index in [9.17, 15) is 8.42 Å². The summed E-state index contributed by atoms with van der Waals surface area (Å²) in [6.07, 6.45) is 5.24. The summed E-state index contributed by atoms with van der Waals surface area (Å²) in [7, 11) is -0.855. The minimum absolute atomic E-state index is 0.161. The van der Waals surface area contributed by atoms with Crippen LogP contribution in [0.2, 0.25) is 5.02 Å². The van der Waals surface area contributed by atoms with Crippen molar-refractivity contribution in [1.29, 1.82) is 0 Å². The van der Waals surface area contributed by atoms with Gasteiger partial charge in [-0.3, -0.25) is 9.55 Å². The van der Waals surface area contributed by atoms with Crippen LogP contribution >= 0.6 is 11.6 Å². The SMILES string of the molecule is CCO[C@@H](c1ncc(Cl)cn1)[C@H](C)S(=O)(=O)Cc1nnc(-c2cncc(C)c2)n1-c1c(OC)cccc1OC. The first-order valence-corrected chi connectivity index (χ1v) is 14.2. The van der Waals surface area contributed by atoms with E-state index in [-0.39, 0.29) is 18.3 Å². The Labute approximate surface area is 232 Å². The highest BCUT2D eigenvalue weighted by Gasteiger charge is 2.35. The molecule has 0 aliphatic rings. The van der Waals surface area contributed by atoms with Gasteiger partial charge in [-0.1, -0.05) is 17.7 Å². The zero-order valence-corrected chi connectivity index (χ0v) is 23.8. The summed E-state index contributed by atoms with van der Waals surface area (Å²) in [6, 6.07) is 7.16. The summed E-state index contributed by atoms with van der Waals surface area (Å²) in [6.45, 7) is 5.49. The molecule has 1 aromatic carbocycles. The van der Waals surface area contributed by atoms with Crippen LogP contribution in [0.3, 0.4) is 0 Å². The quantitative estimate of drug-likeness (QED) is 0.258. The number of hydrogen-bond donors (Lipinski definition) is 0. The molecule has 0 fully saturated rings. The van der Waals surface area contributed by atoms with Crippen LogP contribution in [0.1, 0.15) is 37.2 Å². The highest BCUT2D eigenvalue weighted by molar-refractivity contribution is 7.91. The average molecular weight is 573 g/mol. The van der Waals surface area contributed by atoms with E-state index in [1.165, 1.54) is 26.6 Å². The molecule has 4 rings (SSSR count). The molecule has 0 saturated heterocycles. The van der Waals surface area contributed by atoms with Crippen LogP contribution in [-0.2, 0) is 20.3 Å². The molecule has 0 saturated carbocycles. The maximum Gasteiger partial charge on any atom is 0.170 e. The van der Waals surface area contributed by atoms with E-state index in [4.69, 9.17) is 25.8 Å². The van der Waals surface area contributed by atoms with Crippen molar-refractivity contribution in [3.63, 3.8) is 0 Å². The van der Waals surface area contributed by atoms with Crippen molar-refractivity contribution in [2.75, 3.05) is 20.8 Å². The number of aryl methyl sites for hydroxylation is 1. The van der Waals surface area contributed by atoms with Crippen molar-refractivity contribution in [2.24, 2.45) is 0 Å². The molecule has 0 aliphatic carbocycles. The maximum absolute atomic E-state index is 13.8. The molecule has 0 unspecified atom stereocenters. The van der Waals surface area contributed by atoms with Gasteiger partial charge in [0, 0.05) is 37.0 Å². The zero-order valence-electron chi connectivity index (χ0n) is 22.2. The summed E-state index contributed by atoms with van der Waals surface area (Å²) in [5, 5.41) is 8.00. The van der Waals surface area contributed by atoms with Crippen LogP contribution in [0, 0.1) is 6.92 Å². The summed E-state index contributed by atoms with van der Waals surface area (Å²) >= 11 is 5.93. The van der Waals surface area contributed by atoms with Crippen molar-refractivity contribution in [3.8, 4) is 28.6 Å². The van der Waals surface area contributed by atoms with E-state index in [1.807, 2.05) is 13.0 Å². The molecule has 11 nitrogen and oxygen atoms in total. The number of hydrogen-bond acceptors (Lipinski definition) is 10. The van der Waals surface area contributed by atoms with Crippen LogP contribution in [-0.4, -0.2) is 64.2 Å². The Hall–Kier alpha value is -3.61. The third-order valence-electron chi connectivity index (χ3n) is 6.05. The second-order valence-corrected chi connectivity index (χ2v) is 11.5. The van der Waals surface area contributed by atoms with Gasteiger partial charge in [-0.15, -0.1) is 10.2 Å². The Morgan fingerprint density at radius 3 is 2.28 bits per heavy atom. The first-order valence-electron chi connectivity index (χ1n) is 12.1. The minimum Gasteiger partial charge on any atom is -0.494 e. The van der Waals surface area contributed by atoms with Gasteiger partial charge < -0.3 is 14.2 Å². The third-order valence-corrected chi connectivity index (χ3v) is 8.29. The summed E-state index contributed by atoms with van der Waals surface area (Å²) in [5.74, 6) is 1.20. The van der Waals surface area contributed by atoms with Crippen LogP contribution in [0.4, 0.5) is 0 Å². The molecule has 0 spiro atoms. The Morgan fingerprint density at radius 1 is 1.03 bits per heavy atom. The first-order chi connectivity index (χ1) is 18.7. The maximum atomic E-state index is 13.8. The van der Waals surface area contributed by atoms with E-state index in [2.05, 4.69) is 25.1 Å². The summed E-state index contributed by atoms with van der Waals surface area (Å²) in [4.78, 5) is 12.7. The predicted octanol–water partition coefficient (Wildman–Crippen LogP) is 4.18. The molecule has 0 amide bonds. The Bertz CT molecular complexity index is 1520. The number of benzene rings is 1. The topological polar surface area (TPSA) is 131 Å². The molecule has 2 atom stereocenters. The molecule has 39 heavy (non-hydrogen) atoms. The van der Waals surface area contributed by atoms with Crippen molar-refractivity contribution >= 4 is 21.4 Å². The van der Waals surface area contributed by atoms with Gasteiger partial charge in [0.25, 0.3) is 0 Å². The molecular formula is C26H29ClN6O5S. The lowest BCUT2D eigenvalue weighted by molar-refractivity contribution is 0.0556. The molecule has 3 aromatic heterocycles. The molecule has 3 heterocycles. The molecule has 0 N–H and O–H groups in total. The van der Waals surface area contributed by atoms with E-state index in [1.54, 1.807) is 49.0 Å². The van der Waals surface area contributed by atoms with Gasteiger partial charge in [-0.05, 0) is 44.5 Å². The predicted molar refractivity (Wildman–Crippen MR) is 146 cm³/mol. The molecule has 206 valence electrons. The van der Waals surface area contributed by atoms with Gasteiger partial charge in [0.15, 0.2) is 27.3 Å². The van der Waals surface area contributed by atoms with Crippen LogP contribution in [0.25, 0.3) is 17.1 Å². The van der Waals surface area contributed by atoms with Crippen LogP contribution in [0.15, 0.2) is 49.1 Å². The third kappa shape index (κ3) is 6.02. The number of halogens is 1. The molecule has 4 aromatic rings. The van der Waals surface area contributed by atoms with Gasteiger partial charge in [0.05, 0.1) is 24.5 Å². The van der Waals surface area contributed by atoms with E-state index < -0.39 is 26.9 Å². The lowest BCUT2D eigenvalue weighted by Gasteiger charge is -2.23. The second kappa shape index (κ2) is 12.1. The van der Waals surface area contributed by atoms with Gasteiger partial charge in [0.2, 0.25) is 0 Å². The fourth-order valence-corrected chi connectivity index (χ4v) is 5.61. The summed E-state index contributed by atoms with van der Waals surface area (Å²) in [5.41, 5.74) is 2.01. The standard InChI is InChI=1S/C26H29ClN6O5S/c1-6-38-24(25-29-13-19(27)14-30-25)17(3)39(34,35)15-22-31-32-26(18-10-16(2)11-28-12-18)33(22)23-20(36-4)8-7-9-21(23)37-5/h7-14,17,24H,6,15H2,1-5H3/t17-,24+/m0/s1. The first kappa shape index (κ1) is 28.4. The Kier molecular flexibility index (Phi) is 8.78. The largest absolute Gasteiger partial charge is 0.494 e. The number of ether oxygens (including phenoxy) is 3. The van der Waals surface area contributed by atoms with Gasteiger partial charge in [-0.2, -0.15) is 0 Å². The molecule has 0 radical (unpaired) electrons. The average Bonchev–Trinajstić information content (AvgIpc) is 3.33. The van der Waals surface area contributed by atoms with Crippen molar-refractivity contribution < 1.29 is 22.6 Å². The second-order valence-electron chi connectivity index (χ2n) is 8.69. The van der Waals surface area contributed by atoms with Crippen molar-refractivity contribution in [1.82, 2.24) is 29.7 Å². The van der Waals surface area contributed by atoms with Crippen molar-refractivity contribution in [2.45, 2.75) is 37.9 Å². The summed E-state index contributed by atoms with van der Waals surface area (Å²) < 4.78 is 46.3. The van der Waals surface area contributed by atoms with Gasteiger partial charge in [0.1, 0.15) is 29.0 Å².